The van der Waals surface area contributed by atoms with E-state index in [-0.39, 0.29) is 0 Å². The summed E-state index contributed by atoms with van der Waals surface area (Å²) in [5, 5.41) is 5.81. The molecule has 1 aromatic carbocycles. The van der Waals surface area contributed by atoms with Gasteiger partial charge in [0.15, 0.2) is 0 Å². The normalized spacial score (nSPS) is 15.2. The number of nitrogens with one attached hydrogen (secondary N) is 1. The molecule has 0 bridgehead atoms. The van der Waals surface area contributed by atoms with Gasteiger partial charge in [-0.15, -0.1) is 0 Å². The van der Waals surface area contributed by atoms with Crippen LogP contribution < -0.4 is 5.32 Å². The lowest BCUT2D eigenvalue weighted by atomic mass is 10.2. The molecule has 1 aliphatic heterocycles. The molecule has 0 atom stereocenters. The van der Waals surface area contributed by atoms with Crippen molar-refractivity contribution in [1.29, 1.82) is 0 Å². The smallest absolute Gasteiger partial charge is 0.118 e. The van der Waals surface area contributed by atoms with Crippen molar-refractivity contribution in [2.75, 3.05) is 11.9 Å². The number of nitrogens with zero attached hydrogens (tertiary/aromatic N) is 1. The maximum Gasteiger partial charge on any atom is 0.118 e. The van der Waals surface area contributed by atoms with Crippen LogP contribution in [0.4, 0.5) is 5.00 Å². The zero-order valence-electron chi connectivity index (χ0n) is 11.4. The number of anilines is 1. The standard InChI is InChI=1S/C17H18N2S/c1-2-8-14(9-3-1)10-4-5-12-16-19-15-11-6-7-13-18-17(15)20-16/h1-5,8-10,12,18H,6-7,11,13H2/b10-4+,12-5+. The first-order chi connectivity index (χ1) is 9.92. The number of allylic oxidation sites excluding steroid dienone is 2. The Morgan fingerprint density at radius 1 is 1.05 bits per heavy atom. The van der Waals surface area contributed by atoms with Crippen LogP contribution in [0.3, 0.4) is 0 Å². The van der Waals surface area contributed by atoms with Crippen LogP contribution in [0.1, 0.15) is 29.1 Å². The van der Waals surface area contributed by atoms with Crippen molar-refractivity contribution in [2.24, 2.45) is 0 Å². The number of rotatable bonds is 3. The van der Waals surface area contributed by atoms with Gasteiger partial charge < -0.3 is 5.32 Å². The fourth-order valence-corrected chi connectivity index (χ4v) is 3.19. The van der Waals surface area contributed by atoms with Gasteiger partial charge in [0.1, 0.15) is 10.0 Å². The highest BCUT2D eigenvalue weighted by Gasteiger charge is 2.11. The fourth-order valence-electron chi connectivity index (χ4n) is 2.24. The molecule has 3 heteroatoms. The van der Waals surface area contributed by atoms with E-state index >= 15 is 0 Å². The van der Waals surface area contributed by atoms with Gasteiger partial charge in [-0.05, 0) is 30.9 Å². The summed E-state index contributed by atoms with van der Waals surface area (Å²) in [6, 6.07) is 10.3. The maximum atomic E-state index is 4.69. The van der Waals surface area contributed by atoms with Crippen LogP contribution in [-0.4, -0.2) is 11.5 Å². The monoisotopic (exact) mass is 282 g/mol. The van der Waals surface area contributed by atoms with Gasteiger partial charge in [-0.1, -0.05) is 59.9 Å². The van der Waals surface area contributed by atoms with Gasteiger partial charge in [-0.3, -0.25) is 0 Å². The quantitative estimate of drug-likeness (QED) is 0.831. The molecule has 2 nitrogen and oxygen atoms in total. The topological polar surface area (TPSA) is 24.9 Å². The zero-order valence-corrected chi connectivity index (χ0v) is 12.2. The SMILES string of the molecule is C(/C=C/c1nc2c(s1)NCCCC2)=C\c1ccccc1. The van der Waals surface area contributed by atoms with Crippen LogP contribution in [0.5, 0.6) is 0 Å². The number of thiazole rings is 1. The Balaban J connectivity index is 1.66. The van der Waals surface area contributed by atoms with Crippen molar-refractivity contribution in [3.63, 3.8) is 0 Å². The van der Waals surface area contributed by atoms with E-state index in [4.69, 9.17) is 4.98 Å². The number of fused-ring (bicyclic) bond motifs is 1. The third kappa shape index (κ3) is 3.36. The van der Waals surface area contributed by atoms with Crippen LogP contribution in [0.25, 0.3) is 12.2 Å². The van der Waals surface area contributed by atoms with Crippen molar-refractivity contribution >= 4 is 28.5 Å². The molecule has 1 N–H and O–H groups in total. The summed E-state index contributed by atoms with van der Waals surface area (Å²) in [6.07, 6.45) is 11.9. The number of benzene rings is 1. The highest BCUT2D eigenvalue weighted by Crippen LogP contribution is 2.28. The predicted molar refractivity (Wildman–Crippen MR) is 88.1 cm³/mol. The van der Waals surface area contributed by atoms with E-state index in [9.17, 15) is 0 Å². The minimum atomic E-state index is 1.08. The van der Waals surface area contributed by atoms with Crippen LogP contribution in [0, 0.1) is 0 Å². The van der Waals surface area contributed by atoms with E-state index < -0.39 is 0 Å². The molecule has 0 spiro atoms. The minimum Gasteiger partial charge on any atom is -0.375 e. The fraction of sp³-hybridized carbons (Fsp3) is 0.235. The lowest BCUT2D eigenvalue weighted by molar-refractivity contribution is 0.774. The predicted octanol–water partition coefficient (Wildman–Crippen LogP) is 4.62. The Morgan fingerprint density at radius 3 is 2.80 bits per heavy atom. The van der Waals surface area contributed by atoms with Crippen molar-refractivity contribution in [1.82, 2.24) is 4.98 Å². The van der Waals surface area contributed by atoms with Gasteiger partial charge in [0.2, 0.25) is 0 Å². The highest BCUT2D eigenvalue weighted by molar-refractivity contribution is 7.16. The molecule has 102 valence electrons. The second-order valence-corrected chi connectivity index (χ2v) is 5.87. The van der Waals surface area contributed by atoms with Crippen LogP contribution >= 0.6 is 11.3 Å². The van der Waals surface area contributed by atoms with Gasteiger partial charge in [0.05, 0.1) is 5.69 Å². The lowest BCUT2D eigenvalue weighted by Gasteiger charge is -1.96. The number of aromatic nitrogens is 1. The molecule has 2 heterocycles. The minimum absolute atomic E-state index is 1.08. The van der Waals surface area contributed by atoms with E-state index in [1.807, 2.05) is 18.2 Å². The Kier molecular flexibility index (Phi) is 4.28. The Labute approximate surface area is 123 Å². The average molecular weight is 282 g/mol. The first-order valence-electron chi connectivity index (χ1n) is 7.05. The van der Waals surface area contributed by atoms with Crippen molar-refractivity contribution in [2.45, 2.75) is 19.3 Å². The Hall–Kier alpha value is -1.87. The Bertz CT molecular complexity index is 588. The van der Waals surface area contributed by atoms with Gasteiger partial charge in [-0.2, -0.15) is 0 Å². The second kappa shape index (κ2) is 6.53. The maximum absolute atomic E-state index is 4.69. The molecule has 20 heavy (non-hydrogen) atoms. The molecule has 0 radical (unpaired) electrons. The summed E-state index contributed by atoms with van der Waals surface area (Å²) in [5.74, 6) is 0. The molecule has 0 fully saturated rings. The van der Waals surface area contributed by atoms with Gasteiger partial charge in [0, 0.05) is 6.54 Å². The van der Waals surface area contributed by atoms with E-state index in [1.54, 1.807) is 11.3 Å². The summed E-state index contributed by atoms with van der Waals surface area (Å²) >= 11 is 1.75. The summed E-state index contributed by atoms with van der Waals surface area (Å²) in [5.41, 5.74) is 2.45. The Morgan fingerprint density at radius 2 is 1.90 bits per heavy atom. The molecule has 0 saturated carbocycles. The first-order valence-corrected chi connectivity index (χ1v) is 7.87. The van der Waals surface area contributed by atoms with E-state index in [1.165, 1.54) is 29.1 Å². The molecule has 0 unspecified atom stereocenters. The summed E-state index contributed by atoms with van der Waals surface area (Å²) < 4.78 is 0. The number of hydrogen-bond acceptors (Lipinski definition) is 3. The summed E-state index contributed by atoms with van der Waals surface area (Å²) in [7, 11) is 0. The summed E-state index contributed by atoms with van der Waals surface area (Å²) in [4.78, 5) is 4.69. The summed E-state index contributed by atoms with van der Waals surface area (Å²) in [6.45, 7) is 1.08. The third-order valence-electron chi connectivity index (χ3n) is 3.28. The first kappa shape index (κ1) is 13.1. The van der Waals surface area contributed by atoms with Gasteiger partial charge in [-0.25, -0.2) is 4.98 Å². The molecule has 0 aliphatic carbocycles. The zero-order chi connectivity index (χ0) is 13.6. The van der Waals surface area contributed by atoms with Crippen LogP contribution in [0.15, 0.2) is 42.5 Å². The molecule has 1 aliphatic rings. The van der Waals surface area contributed by atoms with Gasteiger partial charge in [0.25, 0.3) is 0 Å². The lowest BCUT2D eigenvalue weighted by Crippen LogP contribution is -1.96. The number of aryl methyl sites for hydroxylation is 1. The highest BCUT2D eigenvalue weighted by atomic mass is 32.1. The molecule has 0 amide bonds. The molecular formula is C17H18N2S. The number of hydrogen-bond donors (Lipinski definition) is 1. The third-order valence-corrected chi connectivity index (χ3v) is 4.30. The molecule has 0 saturated heterocycles. The molecule has 3 rings (SSSR count). The van der Waals surface area contributed by atoms with Crippen LogP contribution in [0.2, 0.25) is 0 Å². The van der Waals surface area contributed by atoms with Crippen LogP contribution in [-0.2, 0) is 6.42 Å². The van der Waals surface area contributed by atoms with E-state index in [0.29, 0.717) is 0 Å². The largest absolute Gasteiger partial charge is 0.375 e. The van der Waals surface area contributed by atoms with Crippen molar-refractivity contribution in [3.05, 3.63) is 58.7 Å². The average Bonchev–Trinajstić information content (AvgIpc) is 2.74. The van der Waals surface area contributed by atoms with E-state index in [2.05, 4.69) is 41.8 Å². The van der Waals surface area contributed by atoms with Crippen molar-refractivity contribution < 1.29 is 0 Å². The molecule has 1 aromatic heterocycles. The second-order valence-electron chi connectivity index (χ2n) is 4.84. The van der Waals surface area contributed by atoms with Gasteiger partial charge >= 0.3 is 0 Å². The van der Waals surface area contributed by atoms with E-state index in [0.717, 1.165) is 18.0 Å². The molecular weight excluding hydrogens is 264 g/mol. The van der Waals surface area contributed by atoms with Crippen molar-refractivity contribution in [3.8, 4) is 0 Å². The molecule has 2 aromatic rings.